The smallest absolute Gasteiger partial charge is 0.151 e. The molecule has 7 heavy (non-hydrogen) atoms. The molecule has 1 aromatic heterocycles. The zero-order chi connectivity index (χ0) is 5.11. The second kappa shape index (κ2) is 1.75. The first-order chi connectivity index (χ1) is 3.43. The van der Waals surface area contributed by atoms with Gasteiger partial charge in [-0.1, -0.05) is 5.16 Å². The largest absolute Gasteiger partial charge is 0.360 e. The van der Waals surface area contributed by atoms with Crippen LogP contribution in [0.1, 0.15) is 5.76 Å². The van der Waals surface area contributed by atoms with E-state index < -0.39 is 0 Å². The van der Waals surface area contributed by atoms with Gasteiger partial charge < -0.3 is 4.52 Å². The van der Waals surface area contributed by atoms with Gasteiger partial charge in [0.1, 0.15) is 0 Å². The van der Waals surface area contributed by atoms with Gasteiger partial charge >= 0.3 is 0 Å². The molecule has 0 saturated carbocycles. The molecule has 0 unspecified atom stereocenters. The fraction of sp³-hybridized carbons (Fsp3) is 0.250. The Kier molecular flexibility index (Phi) is 1.08. The van der Waals surface area contributed by atoms with Gasteiger partial charge in [0.2, 0.25) is 0 Å². The van der Waals surface area contributed by atoms with Crippen molar-refractivity contribution in [3.8, 4) is 0 Å². The van der Waals surface area contributed by atoms with Crippen LogP contribution in [0.4, 0.5) is 0 Å². The highest BCUT2D eigenvalue weighted by molar-refractivity contribution is 4.90. The Morgan fingerprint density at radius 1 is 1.86 bits per heavy atom. The summed E-state index contributed by atoms with van der Waals surface area (Å²) in [5.74, 6) is 0.611. The molecule has 0 aliphatic heterocycles. The van der Waals surface area contributed by atoms with E-state index in [1.165, 1.54) is 6.20 Å². The Labute approximate surface area is 41.1 Å². The van der Waals surface area contributed by atoms with Gasteiger partial charge in [-0.25, -0.2) is 5.73 Å². The number of nitrogens with one attached hydrogen (secondary N) is 1. The van der Waals surface area contributed by atoms with E-state index >= 15 is 0 Å². The summed E-state index contributed by atoms with van der Waals surface area (Å²) in [6.07, 6.45) is 1.53. The van der Waals surface area contributed by atoms with Crippen molar-refractivity contribution in [2.45, 2.75) is 6.54 Å². The summed E-state index contributed by atoms with van der Waals surface area (Å²) < 4.78 is 4.55. The van der Waals surface area contributed by atoms with E-state index in [-0.39, 0.29) is 6.54 Å². The number of nitrogens with zero attached hydrogens (tertiary/aromatic N) is 1. The lowest BCUT2D eigenvalue weighted by Gasteiger charge is -1.76. The van der Waals surface area contributed by atoms with Crippen molar-refractivity contribution in [3.63, 3.8) is 0 Å². The van der Waals surface area contributed by atoms with Crippen molar-refractivity contribution in [1.82, 2.24) is 10.9 Å². The lowest BCUT2D eigenvalue weighted by molar-refractivity contribution is 0.383. The standard InChI is InChI=1S/C4H5N2O/c5-3-4-1-2-6-7-4/h1-2,5H,3H2. The highest BCUT2D eigenvalue weighted by Gasteiger charge is 1.87. The van der Waals surface area contributed by atoms with E-state index in [1.54, 1.807) is 6.07 Å². The summed E-state index contributed by atoms with van der Waals surface area (Å²) >= 11 is 0. The third-order valence-corrected chi connectivity index (χ3v) is 0.665. The molecule has 0 fully saturated rings. The van der Waals surface area contributed by atoms with E-state index in [9.17, 15) is 0 Å². The van der Waals surface area contributed by atoms with Crippen LogP contribution < -0.4 is 5.73 Å². The molecule has 0 saturated heterocycles. The van der Waals surface area contributed by atoms with Crippen LogP contribution in [0.3, 0.4) is 0 Å². The lowest BCUT2D eigenvalue weighted by atomic mass is 10.5. The minimum atomic E-state index is 0.181. The van der Waals surface area contributed by atoms with Crippen molar-refractivity contribution in [2.24, 2.45) is 0 Å². The predicted octanol–water partition coefficient (Wildman–Crippen LogP) is 0.457. The third kappa shape index (κ3) is 0.778. The molecule has 3 nitrogen and oxygen atoms in total. The van der Waals surface area contributed by atoms with Crippen LogP contribution >= 0.6 is 0 Å². The van der Waals surface area contributed by atoms with Crippen LogP contribution in [-0.4, -0.2) is 5.16 Å². The monoisotopic (exact) mass is 97.0 g/mol. The van der Waals surface area contributed by atoms with Gasteiger partial charge in [-0.2, -0.15) is 0 Å². The van der Waals surface area contributed by atoms with Crippen LogP contribution in [-0.2, 0) is 6.54 Å². The molecule has 0 aliphatic rings. The van der Waals surface area contributed by atoms with Gasteiger partial charge in [0.05, 0.1) is 12.7 Å². The van der Waals surface area contributed by atoms with Crippen molar-refractivity contribution in [3.05, 3.63) is 18.0 Å². The van der Waals surface area contributed by atoms with Crippen molar-refractivity contribution >= 4 is 0 Å². The number of hydrogen-bond donors (Lipinski definition) is 0. The van der Waals surface area contributed by atoms with Gasteiger partial charge in [-0.05, 0) is 0 Å². The molecule has 3 heteroatoms. The van der Waals surface area contributed by atoms with Crippen molar-refractivity contribution in [1.29, 1.82) is 0 Å². The van der Waals surface area contributed by atoms with Crippen molar-refractivity contribution < 1.29 is 4.52 Å². The maximum Gasteiger partial charge on any atom is 0.151 e. The Bertz CT molecular complexity index is 124. The normalized spacial score (nSPS) is 9.29. The van der Waals surface area contributed by atoms with Gasteiger partial charge in [0, 0.05) is 6.07 Å². The van der Waals surface area contributed by atoms with Crippen LogP contribution in [0.2, 0.25) is 0 Å². The Hall–Kier alpha value is -0.830. The second-order valence-electron chi connectivity index (χ2n) is 1.16. The summed E-state index contributed by atoms with van der Waals surface area (Å²) in [5, 5.41) is 3.40. The molecular weight excluding hydrogens is 92.1 g/mol. The minimum Gasteiger partial charge on any atom is -0.360 e. The Morgan fingerprint density at radius 3 is 3.00 bits per heavy atom. The lowest BCUT2D eigenvalue weighted by Crippen LogP contribution is -1.76. The molecule has 1 heterocycles. The molecule has 0 bridgehead atoms. The van der Waals surface area contributed by atoms with E-state index in [2.05, 4.69) is 9.68 Å². The molecule has 1 N–H and O–H groups in total. The first-order valence-corrected chi connectivity index (χ1v) is 1.97. The van der Waals surface area contributed by atoms with Gasteiger partial charge in [-0.15, -0.1) is 0 Å². The molecule has 1 radical (unpaired) electrons. The van der Waals surface area contributed by atoms with Crippen LogP contribution in [0.5, 0.6) is 0 Å². The highest BCUT2D eigenvalue weighted by atomic mass is 16.5. The topological polar surface area (TPSA) is 49.8 Å². The number of hydrogen-bond acceptors (Lipinski definition) is 2. The van der Waals surface area contributed by atoms with Gasteiger partial charge in [-0.3, -0.25) is 0 Å². The maximum atomic E-state index is 6.73. The zero-order valence-electron chi connectivity index (χ0n) is 3.72. The van der Waals surface area contributed by atoms with Crippen LogP contribution in [0.25, 0.3) is 0 Å². The molecule has 0 amide bonds. The minimum absolute atomic E-state index is 0.181. The summed E-state index contributed by atoms with van der Waals surface area (Å²) in [7, 11) is 0. The second-order valence-corrected chi connectivity index (χ2v) is 1.16. The molecular formula is C4H5N2O. The summed E-state index contributed by atoms with van der Waals surface area (Å²) in [4.78, 5) is 0. The molecule has 0 aliphatic carbocycles. The van der Waals surface area contributed by atoms with E-state index in [4.69, 9.17) is 5.73 Å². The molecule has 0 atom stereocenters. The average Bonchev–Trinajstić information content (AvgIpc) is 2.14. The summed E-state index contributed by atoms with van der Waals surface area (Å²) in [5.41, 5.74) is 6.73. The molecule has 0 spiro atoms. The fourth-order valence-electron chi connectivity index (χ4n) is 0.333. The quantitative estimate of drug-likeness (QED) is 0.511. The average molecular weight is 97.1 g/mol. The van der Waals surface area contributed by atoms with E-state index in [1.807, 2.05) is 0 Å². The van der Waals surface area contributed by atoms with Gasteiger partial charge in [0.15, 0.2) is 5.76 Å². The molecule has 37 valence electrons. The first kappa shape index (κ1) is 4.33. The molecule has 0 aromatic carbocycles. The molecule has 1 rings (SSSR count). The maximum absolute atomic E-state index is 6.73. The number of rotatable bonds is 1. The summed E-state index contributed by atoms with van der Waals surface area (Å²) in [6, 6.07) is 1.67. The fourth-order valence-corrected chi connectivity index (χ4v) is 0.333. The predicted molar refractivity (Wildman–Crippen MR) is 23.3 cm³/mol. The Balaban J connectivity index is 2.76. The van der Waals surface area contributed by atoms with Crippen LogP contribution in [0.15, 0.2) is 16.8 Å². The van der Waals surface area contributed by atoms with Crippen molar-refractivity contribution in [2.75, 3.05) is 0 Å². The first-order valence-electron chi connectivity index (χ1n) is 1.97. The van der Waals surface area contributed by atoms with Gasteiger partial charge in [0.25, 0.3) is 0 Å². The zero-order valence-corrected chi connectivity index (χ0v) is 3.72. The van der Waals surface area contributed by atoms with Crippen LogP contribution in [0, 0.1) is 0 Å². The third-order valence-electron chi connectivity index (χ3n) is 0.665. The summed E-state index contributed by atoms with van der Waals surface area (Å²) in [6.45, 7) is 0.181. The van der Waals surface area contributed by atoms with E-state index in [0.717, 1.165) is 0 Å². The number of aromatic nitrogens is 1. The highest BCUT2D eigenvalue weighted by Crippen LogP contribution is 1.92. The SMILES string of the molecule is [NH]Cc1ccno1. The molecule has 1 aromatic rings. The Morgan fingerprint density at radius 2 is 2.71 bits per heavy atom. The van der Waals surface area contributed by atoms with E-state index in [0.29, 0.717) is 5.76 Å².